The number of rotatable bonds is 6. The van der Waals surface area contributed by atoms with E-state index in [2.05, 4.69) is 38.0 Å². The summed E-state index contributed by atoms with van der Waals surface area (Å²) in [7, 11) is 2.16. The lowest BCUT2D eigenvalue weighted by Gasteiger charge is -2.23. The Morgan fingerprint density at radius 1 is 1.53 bits per heavy atom. The maximum Gasteiger partial charge on any atom is 0.0725 e. The molecule has 3 atom stereocenters. The predicted molar refractivity (Wildman–Crippen MR) is 64.2 cm³/mol. The highest BCUT2D eigenvalue weighted by Gasteiger charge is 2.24. The number of hydrogen-bond acceptors (Lipinski definition) is 3. The fraction of sp³-hybridized carbons (Fsp3) is 1.00. The van der Waals surface area contributed by atoms with Gasteiger partial charge in [0, 0.05) is 25.7 Å². The standard InChI is InChI=1S/C12H26N2O/c1-5-14(4)9-11(3)13-8-12-10(2)6-7-15-12/h10-13H,5-9H2,1-4H3. The summed E-state index contributed by atoms with van der Waals surface area (Å²) in [6.07, 6.45) is 1.65. The molecule has 15 heavy (non-hydrogen) atoms. The molecule has 1 rings (SSSR count). The molecule has 1 aliphatic heterocycles. The largest absolute Gasteiger partial charge is 0.377 e. The lowest BCUT2D eigenvalue weighted by molar-refractivity contribution is 0.0900. The molecule has 0 aromatic carbocycles. The van der Waals surface area contributed by atoms with Gasteiger partial charge in [0.25, 0.3) is 0 Å². The molecule has 3 nitrogen and oxygen atoms in total. The third-order valence-electron chi connectivity index (χ3n) is 3.33. The van der Waals surface area contributed by atoms with Crippen molar-refractivity contribution >= 4 is 0 Å². The van der Waals surface area contributed by atoms with Crippen LogP contribution < -0.4 is 5.32 Å². The molecule has 1 fully saturated rings. The average molecular weight is 214 g/mol. The van der Waals surface area contributed by atoms with Gasteiger partial charge < -0.3 is 15.0 Å². The lowest BCUT2D eigenvalue weighted by atomic mass is 10.0. The van der Waals surface area contributed by atoms with E-state index >= 15 is 0 Å². The van der Waals surface area contributed by atoms with Crippen LogP contribution in [0.3, 0.4) is 0 Å². The van der Waals surface area contributed by atoms with Gasteiger partial charge in [-0.15, -0.1) is 0 Å². The molecule has 1 aliphatic rings. The zero-order valence-corrected chi connectivity index (χ0v) is 10.6. The highest BCUT2D eigenvalue weighted by Crippen LogP contribution is 2.19. The minimum atomic E-state index is 0.430. The maximum atomic E-state index is 5.67. The molecule has 1 heterocycles. The van der Waals surface area contributed by atoms with E-state index < -0.39 is 0 Å². The van der Waals surface area contributed by atoms with E-state index in [1.54, 1.807) is 0 Å². The first kappa shape index (κ1) is 12.9. The lowest BCUT2D eigenvalue weighted by Crippen LogP contribution is -2.41. The molecule has 0 spiro atoms. The van der Waals surface area contributed by atoms with Crippen LogP contribution in [0.15, 0.2) is 0 Å². The minimum Gasteiger partial charge on any atom is -0.377 e. The normalized spacial score (nSPS) is 28.6. The molecule has 1 saturated heterocycles. The number of nitrogens with zero attached hydrogens (tertiary/aromatic N) is 1. The fourth-order valence-electron chi connectivity index (χ4n) is 1.99. The van der Waals surface area contributed by atoms with Crippen molar-refractivity contribution < 1.29 is 4.74 Å². The van der Waals surface area contributed by atoms with Crippen molar-refractivity contribution in [1.29, 1.82) is 0 Å². The van der Waals surface area contributed by atoms with Gasteiger partial charge in [-0.3, -0.25) is 0 Å². The molecule has 0 bridgehead atoms. The zero-order valence-electron chi connectivity index (χ0n) is 10.6. The summed E-state index contributed by atoms with van der Waals surface area (Å²) in [6, 6.07) is 0.548. The van der Waals surface area contributed by atoms with Crippen LogP contribution in [-0.2, 0) is 4.74 Å². The quantitative estimate of drug-likeness (QED) is 0.722. The van der Waals surface area contributed by atoms with Crippen molar-refractivity contribution in [2.75, 3.05) is 33.3 Å². The molecule has 0 aromatic rings. The summed E-state index contributed by atoms with van der Waals surface area (Å²) in [5.74, 6) is 0.716. The van der Waals surface area contributed by atoms with E-state index in [0.29, 0.717) is 18.1 Å². The van der Waals surface area contributed by atoms with Crippen molar-refractivity contribution in [3.05, 3.63) is 0 Å². The first-order chi connectivity index (χ1) is 7.13. The minimum absolute atomic E-state index is 0.430. The molecule has 1 N–H and O–H groups in total. The summed E-state index contributed by atoms with van der Waals surface area (Å²) >= 11 is 0. The van der Waals surface area contributed by atoms with E-state index in [4.69, 9.17) is 4.74 Å². The first-order valence-electron chi connectivity index (χ1n) is 6.17. The van der Waals surface area contributed by atoms with Crippen LogP contribution in [0.4, 0.5) is 0 Å². The Hall–Kier alpha value is -0.120. The van der Waals surface area contributed by atoms with Crippen molar-refractivity contribution in [1.82, 2.24) is 10.2 Å². The van der Waals surface area contributed by atoms with Gasteiger partial charge in [-0.1, -0.05) is 13.8 Å². The smallest absolute Gasteiger partial charge is 0.0725 e. The van der Waals surface area contributed by atoms with Gasteiger partial charge in [-0.2, -0.15) is 0 Å². The Bertz CT molecular complexity index is 175. The van der Waals surface area contributed by atoms with Gasteiger partial charge in [0.1, 0.15) is 0 Å². The van der Waals surface area contributed by atoms with Crippen LogP contribution in [0.25, 0.3) is 0 Å². The van der Waals surface area contributed by atoms with Crippen molar-refractivity contribution in [2.24, 2.45) is 5.92 Å². The third kappa shape index (κ3) is 4.49. The van der Waals surface area contributed by atoms with Gasteiger partial charge in [-0.25, -0.2) is 0 Å². The molecule has 0 saturated carbocycles. The van der Waals surface area contributed by atoms with Crippen LogP contribution >= 0.6 is 0 Å². The summed E-state index contributed by atoms with van der Waals surface area (Å²) in [6.45, 7) is 10.9. The Labute approximate surface area is 94.2 Å². The second kappa shape index (κ2) is 6.46. The molecule has 3 unspecified atom stereocenters. The SMILES string of the molecule is CCN(C)CC(C)NCC1OCCC1C. The van der Waals surface area contributed by atoms with Crippen LogP contribution in [-0.4, -0.2) is 50.3 Å². The highest BCUT2D eigenvalue weighted by molar-refractivity contribution is 4.76. The van der Waals surface area contributed by atoms with Crippen molar-refractivity contribution in [3.63, 3.8) is 0 Å². The highest BCUT2D eigenvalue weighted by atomic mass is 16.5. The second-order valence-electron chi connectivity index (χ2n) is 4.84. The van der Waals surface area contributed by atoms with Gasteiger partial charge in [0.2, 0.25) is 0 Å². The third-order valence-corrected chi connectivity index (χ3v) is 3.33. The molecule has 90 valence electrons. The van der Waals surface area contributed by atoms with E-state index in [9.17, 15) is 0 Å². The van der Waals surface area contributed by atoms with E-state index in [0.717, 1.165) is 26.2 Å². The Morgan fingerprint density at radius 2 is 2.27 bits per heavy atom. The van der Waals surface area contributed by atoms with Crippen LogP contribution in [0.1, 0.15) is 27.2 Å². The number of nitrogens with one attached hydrogen (secondary N) is 1. The first-order valence-corrected chi connectivity index (χ1v) is 6.17. The molecule has 0 amide bonds. The van der Waals surface area contributed by atoms with Gasteiger partial charge >= 0.3 is 0 Å². The maximum absolute atomic E-state index is 5.67. The zero-order chi connectivity index (χ0) is 11.3. The van der Waals surface area contributed by atoms with Crippen molar-refractivity contribution in [2.45, 2.75) is 39.3 Å². The predicted octanol–water partition coefficient (Wildman–Crippen LogP) is 1.34. The Morgan fingerprint density at radius 3 is 2.80 bits per heavy atom. The van der Waals surface area contributed by atoms with E-state index in [-0.39, 0.29) is 0 Å². The van der Waals surface area contributed by atoms with Gasteiger partial charge in [0.15, 0.2) is 0 Å². The molecule has 3 heteroatoms. The van der Waals surface area contributed by atoms with Crippen LogP contribution in [0.5, 0.6) is 0 Å². The second-order valence-corrected chi connectivity index (χ2v) is 4.84. The van der Waals surface area contributed by atoms with E-state index in [1.807, 2.05) is 0 Å². The number of ether oxygens (including phenoxy) is 1. The topological polar surface area (TPSA) is 24.5 Å². The number of hydrogen-bond donors (Lipinski definition) is 1. The average Bonchev–Trinajstić information content (AvgIpc) is 2.61. The van der Waals surface area contributed by atoms with Crippen LogP contribution in [0.2, 0.25) is 0 Å². The molecular formula is C12H26N2O. The molecule has 0 aromatic heterocycles. The Balaban J connectivity index is 2.13. The van der Waals surface area contributed by atoms with Gasteiger partial charge in [0.05, 0.1) is 6.10 Å². The monoisotopic (exact) mass is 214 g/mol. The van der Waals surface area contributed by atoms with Crippen LogP contribution in [0, 0.1) is 5.92 Å². The van der Waals surface area contributed by atoms with Gasteiger partial charge in [-0.05, 0) is 32.9 Å². The summed E-state index contributed by atoms with van der Waals surface area (Å²) in [5.41, 5.74) is 0. The summed E-state index contributed by atoms with van der Waals surface area (Å²) < 4.78 is 5.67. The summed E-state index contributed by atoms with van der Waals surface area (Å²) in [5, 5.41) is 3.55. The van der Waals surface area contributed by atoms with Crippen molar-refractivity contribution in [3.8, 4) is 0 Å². The number of likely N-dealkylation sites (N-methyl/N-ethyl adjacent to an activating group) is 1. The van der Waals surface area contributed by atoms with E-state index in [1.165, 1.54) is 6.42 Å². The molecule has 0 radical (unpaired) electrons. The summed E-state index contributed by atoms with van der Waals surface area (Å²) in [4.78, 5) is 2.33. The fourth-order valence-corrected chi connectivity index (χ4v) is 1.99. The molecular weight excluding hydrogens is 188 g/mol. The Kier molecular flexibility index (Phi) is 5.58. The molecule has 0 aliphatic carbocycles.